The molecule has 0 aromatic rings. The maximum absolute atomic E-state index is 11.4. The molecule has 4 nitrogen and oxygen atoms in total. The van der Waals surface area contributed by atoms with Crippen molar-refractivity contribution in [1.82, 2.24) is 0 Å². The summed E-state index contributed by atoms with van der Waals surface area (Å²) in [5.74, 6) is -10.7. The molecule has 17 heteroatoms. The van der Waals surface area contributed by atoms with E-state index >= 15 is 0 Å². The van der Waals surface area contributed by atoms with Crippen LogP contribution in [0, 0.1) is 0 Å². The van der Waals surface area contributed by atoms with Crippen molar-refractivity contribution in [3.8, 4) is 0 Å². The minimum atomic E-state index is -5.42. The van der Waals surface area contributed by atoms with E-state index in [2.05, 4.69) is 0 Å². The molecule has 0 heterocycles. The smallest absolute Gasteiger partial charge is 0.454 e. The van der Waals surface area contributed by atoms with E-state index in [-0.39, 0.29) is 20.4 Å². The van der Waals surface area contributed by atoms with Crippen molar-refractivity contribution in [2.75, 3.05) is 0 Å². The molecule has 0 aromatic carbocycles. The number of halogens is 12. The van der Waals surface area contributed by atoms with Crippen LogP contribution in [0.25, 0.3) is 0 Å². The number of aliphatic hydroxyl groups excluding tert-OH is 2. The van der Waals surface area contributed by atoms with Crippen molar-refractivity contribution < 1.29 is 92.9 Å². The van der Waals surface area contributed by atoms with Crippen LogP contribution in [0.2, 0.25) is 0 Å². The Hall–Kier alpha value is -1.76. The van der Waals surface area contributed by atoms with Gasteiger partial charge in [0.05, 0.1) is 0 Å². The number of rotatable bonds is 2. The summed E-state index contributed by atoms with van der Waals surface area (Å²) in [6, 6.07) is 0. The number of carbonyl (C=O) groups excluding carboxylic acids is 2. The van der Waals surface area contributed by atoms with Crippen LogP contribution in [0.3, 0.4) is 0 Å². The number of allylic oxidation sites excluding steroid dienone is 4. The van der Waals surface area contributed by atoms with E-state index in [1.807, 2.05) is 0 Å². The summed E-state index contributed by atoms with van der Waals surface area (Å²) < 4.78 is 136. The molecule has 27 heavy (non-hydrogen) atoms. The van der Waals surface area contributed by atoms with Gasteiger partial charge in [0.25, 0.3) is 11.6 Å². The number of aliphatic hydroxyl groups is 2. The van der Waals surface area contributed by atoms with Crippen LogP contribution in [0.15, 0.2) is 23.7 Å². The maximum Gasteiger partial charge on any atom is 0.454 e. The molecule has 0 saturated heterocycles. The Labute approximate surface area is 153 Å². The first kappa shape index (κ1) is 30.0. The number of alkyl halides is 12. The summed E-state index contributed by atoms with van der Waals surface area (Å²) >= 11 is 0. The van der Waals surface area contributed by atoms with Crippen LogP contribution in [0.1, 0.15) is 0 Å². The monoisotopic (exact) mass is 522 g/mol. The van der Waals surface area contributed by atoms with Gasteiger partial charge in [-0.05, 0) is 0 Å². The predicted molar refractivity (Wildman–Crippen MR) is 55.7 cm³/mol. The minimum Gasteiger partial charge on any atom is -0.504 e. The van der Waals surface area contributed by atoms with Gasteiger partial charge in [-0.25, -0.2) is 0 Å². The van der Waals surface area contributed by atoms with Crippen LogP contribution in [-0.4, -0.2) is 46.5 Å². The van der Waals surface area contributed by atoms with Crippen LogP contribution >= 0.6 is 0 Å². The molecule has 0 aromatic heterocycles. The molecular formula is C10H4F12O4Pd. The van der Waals surface area contributed by atoms with E-state index in [0.29, 0.717) is 0 Å². The van der Waals surface area contributed by atoms with Gasteiger partial charge in [0, 0.05) is 32.6 Å². The van der Waals surface area contributed by atoms with Crippen molar-refractivity contribution in [2.45, 2.75) is 24.7 Å². The van der Waals surface area contributed by atoms with Crippen LogP contribution < -0.4 is 0 Å². The molecular weight excluding hydrogens is 519 g/mol. The molecule has 0 aliphatic rings. The number of ketones is 2. The molecule has 0 fully saturated rings. The van der Waals surface area contributed by atoms with Crippen molar-refractivity contribution in [2.24, 2.45) is 0 Å². The molecule has 2 N–H and O–H groups in total. The summed E-state index contributed by atoms with van der Waals surface area (Å²) in [5, 5.41) is 15.9. The van der Waals surface area contributed by atoms with E-state index < -0.39 is 59.9 Å². The number of hydrogen-bond acceptors (Lipinski definition) is 4. The second-order valence-electron chi connectivity index (χ2n) is 3.78. The van der Waals surface area contributed by atoms with Crippen LogP contribution in [0.5, 0.6) is 0 Å². The predicted octanol–water partition coefficient (Wildman–Crippen LogP) is 4.24. The van der Waals surface area contributed by atoms with E-state index in [4.69, 9.17) is 10.2 Å². The number of carbonyl (C=O) groups is 2. The summed E-state index contributed by atoms with van der Waals surface area (Å²) in [5.41, 5.74) is 0. The van der Waals surface area contributed by atoms with Gasteiger partial charge in [0.2, 0.25) is 11.5 Å². The molecule has 0 aliphatic heterocycles. The Morgan fingerprint density at radius 1 is 0.519 bits per heavy atom. The second kappa shape index (κ2) is 9.97. The Morgan fingerprint density at radius 2 is 0.704 bits per heavy atom. The van der Waals surface area contributed by atoms with Crippen molar-refractivity contribution in [1.29, 1.82) is 0 Å². The average Bonchev–Trinajstić information content (AvgIpc) is 2.34. The third kappa shape index (κ3) is 13.1. The molecule has 0 amide bonds. The molecule has 0 rings (SSSR count). The average molecular weight is 523 g/mol. The first-order valence-electron chi connectivity index (χ1n) is 5.28. The Bertz CT molecular complexity index is 527. The van der Waals surface area contributed by atoms with E-state index in [1.54, 1.807) is 0 Å². The first-order valence-corrected chi connectivity index (χ1v) is 5.28. The summed E-state index contributed by atoms with van der Waals surface area (Å²) in [4.78, 5) is 19.7. The quantitative estimate of drug-likeness (QED) is 0.246. The van der Waals surface area contributed by atoms with Gasteiger partial charge in [0.1, 0.15) is 0 Å². The maximum atomic E-state index is 11.4. The Balaban J connectivity index is -0.000000411. The van der Waals surface area contributed by atoms with Gasteiger partial charge in [-0.1, -0.05) is 0 Å². The summed E-state index contributed by atoms with van der Waals surface area (Å²) in [6.07, 6.45) is -23.4. The molecule has 0 bridgehead atoms. The van der Waals surface area contributed by atoms with Crippen LogP contribution in [-0.2, 0) is 30.0 Å². The summed E-state index contributed by atoms with van der Waals surface area (Å²) in [7, 11) is 0. The van der Waals surface area contributed by atoms with Gasteiger partial charge in [0.15, 0.2) is 0 Å². The fourth-order valence-corrected chi connectivity index (χ4v) is 0.576. The Morgan fingerprint density at radius 3 is 0.815 bits per heavy atom. The molecule has 0 atom stereocenters. The van der Waals surface area contributed by atoms with E-state index in [0.717, 1.165) is 0 Å². The van der Waals surface area contributed by atoms with Gasteiger partial charge < -0.3 is 10.2 Å². The van der Waals surface area contributed by atoms with E-state index in [9.17, 15) is 62.3 Å². The van der Waals surface area contributed by atoms with Gasteiger partial charge in [-0.15, -0.1) is 0 Å². The molecule has 0 saturated carbocycles. The van der Waals surface area contributed by atoms with Crippen LogP contribution in [0.4, 0.5) is 52.7 Å². The zero-order chi connectivity index (χ0) is 21.7. The standard InChI is InChI=1S/2C5H2F6O2.Pd/c2*6-4(7,8)2(12)1-3(13)5(9,10)11;/h2*1,12H;/b2*2-1+;. The third-order valence-corrected chi connectivity index (χ3v) is 1.68. The third-order valence-electron chi connectivity index (χ3n) is 1.68. The molecule has 0 unspecified atom stereocenters. The Kier molecular flexibility index (Phi) is 11.1. The van der Waals surface area contributed by atoms with Gasteiger partial charge in [-0.3, -0.25) is 9.59 Å². The molecule has 0 spiro atoms. The SMILES string of the molecule is O=C(/C=C(/O)C(F)(F)F)C(F)(F)F.O=C(/C=C(/O)C(F)(F)F)C(F)(F)F.[Pd]. The normalized spacial score (nSPS) is 13.9. The van der Waals surface area contributed by atoms with E-state index in [1.165, 1.54) is 0 Å². The van der Waals surface area contributed by atoms with Gasteiger partial charge in [-0.2, -0.15) is 52.7 Å². The zero-order valence-electron chi connectivity index (χ0n) is 11.7. The fourth-order valence-electron chi connectivity index (χ4n) is 0.576. The van der Waals surface area contributed by atoms with Crippen molar-refractivity contribution in [3.05, 3.63) is 23.7 Å². The molecule has 0 aliphatic carbocycles. The molecule has 0 radical (unpaired) electrons. The topological polar surface area (TPSA) is 74.6 Å². The molecule has 162 valence electrons. The van der Waals surface area contributed by atoms with Gasteiger partial charge >= 0.3 is 24.7 Å². The first-order chi connectivity index (χ1) is 11.1. The number of hydrogen-bond donors (Lipinski definition) is 2. The fraction of sp³-hybridized carbons (Fsp3) is 0.400. The zero-order valence-corrected chi connectivity index (χ0v) is 13.3. The van der Waals surface area contributed by atoms with Crippen molar-refractivity contribution in [3.63, 3.8) is 0 Å². The second-order valence-corrected chi connectivity index (χ2v) is 3.78. The largest absolute Gasteiger partial charge is 0.504 e. The minimum absolute atomic E-state index is 0. The van der Waals surface area contributed by atoms with Crippen molar-refractivity contribution >= 4 is 11.6 Å². The summed E-state index contributed by atoms with van der Waals surface area (Å²) in [6.45, 7) is 0.